The van der Waals surface area contributed by atoms with Crippen LogP contribution in [0.2, 0.25) is 0 Å². The maximum absolute atomic E-state index is 5.66. The predicted octanol–water partition coefficient (Wildman–Crippen LogP) is 2.02. The molecule has 18 heavy (non-hydrogen) atoms. The lowest BCUT2D eigenvalue weighted by molar-refractivity contribution is 0.407. The molecular weight excluding hydrogens is 226 g/mol. The molecule has 2 rings (SSSR count). The summed E-state index contributed by atoms with van der Waals surface area (Å²) in [7, 11) is 1.69. The molecule has 0 spiro atoms. The zero-order valence-electron chi connectivity index (χ0n) is 11.1. The number of aromatic nitrogens is 2. The van der Waals surface area contributed by atoms with Crippen molar-refractivity contribution in [2.75, 3.05) is 7.11 Å². The van der Waals surface area contributed by atoms with Gasteiger partial charge in [-0.1, -0.05) is 17.7 Å². The number of nitrogens with two attached hydrogens (primary N) is 1. The van der Waals surface area contributed by atoms with E-state index in [1.54, 1.807) is 7.11 Å². The maximum atomic E-state index is 5.66. The first-order chi connectivity index (χ1) is 8.65. The molecule has 0 aliphatic rings. The summed E-state index contributed by atoms with van der Waals surface area (Å²) in [6.07, 6.45) is 1.83. The Hall–Kier alpha value is -1.81. The minimum absolute atomic E-state index is 0.525. The van der Waals surface area contributed by atoms with Gasteiger partial charge in [0.05, 0.1) is 19.9 Å². The largest absolute Gasteiger partial charge is 0.496 e. The molecule has 0 aliphatic heterocycles. The molecule has 96 valence electrons. The van der Waals surface area contributed by atoms with Crippen molar-refractivity contribution >= 4 is 0 Å². The van der Waals surface area contributed by atoms with Gasteiger partial charge in [0.15, 0.2) is 0 Å². The Labute approximate surface area is 107 Å². The second-order valence-corrected chi connectivity index (χ2v) is 4.43. The van der Waals surface area contributed by atoms with Gasteiger partial charge in [0.1, 0.15) is 5.75 Å². The van der Waals surface area contributed by atoms with Crippen molar-refractivity contribution in [3.8, 4) is 5.75 Å². The van der Waals surface area contributed by atoms with E-state index in [0.717, 1.165) is 22.6 Å². The summed E-state index contributed by atoms with van der Waals surface area (Å²) >= 11 is 0. The van der Waals surface area contributed by atoms with Crippen molar-refractivity contribution in [3.63, 3.8) is 0 Å². The molecule has 1 heterocycles. The van der Waals surface area contributed by atoms with E-state index in [1.807, 2.05) is 29.9 Å². The van der Waals surface area contributed by atoms with Gasteiger partial charge < -0.3 is 10.5 Å². The fourth-order valence-corrected chi connectivity index (χ4v) is 2.04. The minimum atomic E-state index is 0.525. The van der Waals surface area contributed by atoms with Gasteiger partial charge >= 0.3 is 0 Å². The van der Waals surface area contributed by atoms with Gasteiger partial charge in [0.2, 0.25) is 0 Å². The molecule has 0 aliphatic carbocycles. The SMILES string of the molecule is COc1ccc(C)cc1Cn1ncc(CN)c1C. The Balaban J connectivity index is 2.33. The van der Waals surface area contributed by atoms with Crippen LogP contribution < -0.4 is 10.5 Å². The molecule has 1 aromatic carbocycles. The lowest BCUT2D eigenvalue weighted by atomic mass is 10.1. The van der Waals surface area contributed by atoms with E-state index < -0.39 is 0 Å². The van der Waals surface area contributed by atoms with E-state index in [1.165, 1.54) is 5.56 Å². The summed E-state index contributed by atoms with van der Waals surface area (Å²) in [4.78, 5) is 0. The molecule has 0 fully saturated rings. The average Bonchev–Trinajstić information content (AvgIpc) is 2.71. The fourth-order valence-electron chi connectivity index (χ4n) is 2.04. The lowest BCUT2D eigenvalue weighted by Crippen LogP contribution is -2.07. The molecule has 0 saturated heterocycles. The monoisotopic (exact) mass is 245 g/mol. The van der Waals surface area contributed by atoms with Gasteiger partial charge in [-0.25, -0.2) is 0 Å². The molecule has 2 N–H and O–H groups in total. The van der Waals surface area contributed by atoms with Gasteiger partial charge in [-0.15, -0.1) is 0 Å². The van der Waals surface area contributed by atoms with Crippen molar-refractivity contribution < 1.29 is 4.74 Å². The number of hydrogen-bond donors (Lipinski definition) is 1. The van der Waals surface area contributed by atoms with E-state index in [9.17, 15) is 0 Å². The van der Waals surface area contributed by atoms with Crippen LogP contribution >= 0.6 is 0 Å². The van der Waals surface area contributed by atoms with Crippen LogP contribution in [0.3, 0.4) is 0 Å². The normalized spacial score (nSPS) is 10.7. The summed E-state index contributed by atoms with van der Waals surface area (Å²) in [6.45, 7) is 5.34. The van der Waals surface area contributed by atoms with E-state index in [0.29, 0.717) is 13.1 Å². The topological polar surface area (TPSA) is 53.1 Å². The third-order valence-corrected chi connectivity index (χ3v) is 3.18. The maximum Gasteiger partial charge on any atom is 0.123 e. The van der Waals surface area contributed by atoms with Crippen LogP contribution in [0.25, 0.3) is 0 Å². The van der Waals surface area contributed by atoms with Gasteiger partial charge in [0.25, 0.3) is 0 Å². The molecule has 4 nitrogen and oxygen atoms in total. The van der Waals surface area contributed by atoms with Crippen molar-refractivity contribution in [2.45, 2.75) is 26.9 Å². The third-order valence-electron chi connectivity index (χ3n) is 3.18. The van der Waals surface area contributed by atoms with Crippen LogP contribution in [0.15, 0.2) is 24.4 Å². The van der Waals surface area contributed by atoms with Gasteiger partial charge in [-0.05, 0) is 19.9 Å². The van der Waals surface area contributed by atoms with Crippen LogP contribution in [0.5, 0.6) is 5.75 Å². The Morgan fingerprint density at radius 1 is 1.28 bits per heavy atom. The number of benzene rings is 1. The molecule has 0 radical (unpaired) electrons. The van der Waals surface area contributed by atoms with Crippen molar-refractivity contribution in [3.05, 3.63) is 46.8 Å². The highest BCUT2D eigenvalue weighted by Gasteiger charge is 2.08. The van der Waals surface area contributed by atoms with E-state index in [2.05, 4.69) is 18.1 Å². The van der Waals surface area contributed by atoms with E-state index in [4.69, 9.17) is 10.5 Å². The van der Waals surface area contributed by atoms with Crippen LogP contribution in [-0.2, 0) is 13.1 Å². The molecule has 2 aromatic rings. The van der Waals surface area contributed by atoms with Crippen molar-refractivity contribution in [2.24, 2.45) is 5.73 Å². The van der Waals surface area contributed by atoms with Gasteiger partial charge in [-0.2, -0.15) is 5.10 Å². The third kappa shape index (κ3) is 2.38. The Bertz CT molecular complexity index is 546. The Morgan fingerprint density at radius 2 is 2.06 bits per heavy atom. The fraction of sp³-hybridized carbons (Fsp3) is 0.357. The van der Waals surface area contributed by atoms with Gasteiger partial charge in [0, 0.05) is 23.4 Å². The quantitative estimate of drug-likeness (QED) is 0.896. The number of methoxy groups -OCH3 is 1. The average molecular weight is 245 g/mol. The molecule has 0 amide bonds. The van der Waals surface area contributed by atoms with Crippen LogP contribution in [0, 0.1) is 13.8 Å². The summed E-state index contributed by atoms with van der Waals surface area (Å²) in [6, 6.07) is 6.17. The molecule has 0 bridgehead atoms. The standard InChI is InChI=1S/C14H19N3O/c1-10-4-5-14(18-3)12(6-10)9-17-11(2)13(7-15)8-16-17/h4-6,8H,7,9,15H2,1-3H3. The smallest absolute Gasteiger partial charge is 0.123 e. The van der Waals surface area contributed by atoms with Crippen LogP contribution in [0.4, 0.5) is 0 Å². The Morgan fingerprint density at radius 3 is 2.67 bits per heavy atom. The molecule has 0 unspecified atom stereocenters. The number of hydrogen-bond acceptors (Lipinski definition) is 3. The summed E-state index contributed by atoms with van der Waals surface area (Å²) in [5.41, 5.74) is 10.2. The zero-order chi connectivity index (χ0) is 13.1. The van der Waals surface area contributed by atoms with Crippen LogP contribution in [0.1, 0.15) is 22.4 Å². The first-order valence-electron chi connectivity index (χ1n) is 6.00. The minimum Gasteiger partial charge on any atom is -0.496 e. The first kappa shape index (κ1) is 12.6. The second-order valence-electron chi connectivity index (χ2n) is 4.43. The molecule has 0 saturated carbocycles. The lowest BCUT2D eigenvalue weighted by Gasteiger charge is -2.11. The summed E-state index contributed by atoms with van der Waals surface area (Å²) in [5, 5.41) is 4.37. The number of nitrogens with zero attached hydrogens (tertiary/aromatic N) is 2. The first-order valence-corrected chi connectivity index (χ1v) is 6.00. The zero-order valence-corrected chi connectivity index (χ0v) is 11.1. The summed E-state index contributed by atoms with van der Waals surface area (Å²) < 4.78 is 7.34. The molecular formula is C14H19N3O. The Kier molecular flexibility index (Phi) is 3.67. The van der Waals surface area contributed by atoms with E-state index >= 15 is 0 Å². The van der Waals surface area contributed by atoms with E-state index in [-0.39, 0.29) is 0 Å². The highest BCUT2D eigenvalue weighted by atomic mass is 16.5. The molecule has 1 aromatic heterocycles. The second kappa shape index (κ2) is 5.23. The van der Waals surface area contributed by atoms with Crippen molar-refractivity contribution in [1.29, 1.82) is 0 Å². The number of aryl methyl sites for hydroxylation is 1. The van der Waals surface area contributed by atoms with Crippen molar-refractivity contribution in [1.82, 2.24) is 9.78 Å². The highest BCUT2D eigenvalue weighted by molar-refractivity contribution is 5.37. The number of ether oxygens (including phenoxy) is 1. The van der Waals surface area contributed by atoms with Crippen LogP contribution in [-0.4, -0.2) is 16.9 Å². The molecule has 0 atom stereocenters. The predicted molar refractivity (Wildman–Crippen MR) is 71.7 cm³/mol. The number of rotatable bonds is 4. The summed E-state index contributed by atoms with van der Waals surface area (Å²) in [5.74, 6) is 0.893. The highest BCUT2D eigenvalue weighted by Crippen LogP contribution is 2.21. The molecule has 4 heteroatoms. The van der Waals surface area contributed by atoms with Gasteiger partial charge in [-0.3, -0.25) is 4.68 Å².